The number of benzene rings is 1. The van der Waals surface area contributed by atoms with Crippen molar-refractivity contribution in [1.29, 1.82) is 0 Å². The molecular formula is C14H21NO2S. The summed E-state index contributed by atoms with van der Waals surface area (Å²) < 4.78 is 10.9. The highest BCUT2D eigenvalue weighted by Gasteiger charge is 2.15. The topological polar surface area (TPSA) is 30.5 Å². The van der Waals surface area contributed by atoms with Crippen LogP contribution in [0.5, 0.6) is 11.5 Å². The first-order valence-electron chi connectivity index (χ1n) is 6.48. The third-order valence-corrected chi connectivity index (χ3v) is 4.12. The molecule has 3 nitrogen and oxygen atoms in total. The molecule has 1 N–H and O–H groups in total. The first-order valence-corrected chi connectivity index (χ1v) is 7.64. The van der Waals surface area contributed by atoms with Gasteiger partial charge in [-0.3, -0.25) is 0 Å². The molecule has 0 aromatic heterocycles. The van der Waals surface area contributed by atoms with Gasteiger partial charge in [0.25, 0.3) is 0 Å². The Morgan fingerprint density at radius 3 is 2.78 bits per heavy atom. The predicted molar refractivity (Wildman–Crippen MR) is 78.1 cm³/mol. The van der Waals surface area contributed by atoms with Crippen molar-refractivity contribution in [3.63, 3.8) is 0 Å². The summed E-state index contributed by atoms with van der Waals surface area (Å²) in [5, 5.41) is 3.59. The first kappa shape index (κ1) is 13.4. The average Bonchev–Trinajstić information content (AvgIpc) is 2.42. The molecule has 18 heavy (non-hydrogen) atoms. The van der Waals surface area contributed by atoms with Gasteiger partial charge in [0.15, 0.2) is 0 Å². The van der Waals surface area contributed by atoms with Gasteiger partial charge >= 0.3 is 0 Å². The number of methoxy groups -OCH3 is 1. The monoisotopic (exact) mass is 267 g/mol. The van der Waals surface area contributed by atoms with Gasteiger partial charge in [-0.1, -0.05) is 0 Å². The van der Waals surface area contributed by atoms with Crippen molar-refractivity contribution < 1.29 is 9.47 Å². The molecule has 0 amide bonds. The minimum absolute atomic E-state index is 0.553. The van der Waals surface area contributed by atoms with E-state index in [0.717, 1.165) is 17.2 Å². The third-order valence-electron chi connectivity index (χ3n) is 3.07. The zero-order valence-electron chi connectivity index (χ0n) is 11.1. The minimum Gasteiger partial charge on any atom is -0.497 e. The second kappa shape index (κ2) is 6.78. The van der Waals surface area contributed by atoms with Gasteiger partial charge in [0.05, 0.1) is 19.4 Å². The average molecular weight is 267 g/mol. The standard InChI is InChI=1S/C14H21NO2S/c1-3-17-14-5-4-12(16-2)10-13(14)15-11-6-8-18-9-7-11/h4-5,10-11,15H,3,6-9H2,1-2H3. The van der Waals surface area contributed by atoms with Gasteiger partial charge in [-0.2, -0.15) is 11.8 Å². The summed E-state index contributed by atoms with van der Waals surface area (Å²) in [6.45, 7) is 2.69. The molecule has 1 aliphatic rings. The third kappa shape index (κ3) is 3.48. The van der Waals surface area contributed by atoms with Crippen LogP contribution < -0.4 is 14.8 Å². The quantitative estimate of drug-likeness (QED) is 0.885. The Morgan fingerprint density at radius 2 is 2.11 bits per heavy atom. The summed E-state index contributed by atoms with van der Waals surface area (Å²) in [6, 6.07) is 6.49. The van der Waals surface area contributed by atoms with E-state index in [1.165, 1.54) is 24.3 Å². The Morgan fingerprint density at radius 1 is 1.33 bits per heavy atom. The van der Waals surface area contributed by atoms with Crippen molar-refractivity contribution in [3.05, 3.63) is 18.2 Å². The van der Waals surface area contributed by atoms with E-state index in [2.05, 4.69) is 5.32 Å². The molecule has 0 saturated carbocycles. The number of anilines is 1. The molecule has 100 valence electrons. The summed E-state index contributed by atoms with van der Waals surface area (Å²) in [5.41, 5.74) is 1.05. The molecule has 1 aromatic carbocycles. The SMILES string of the molecule is CCOc1ccc(OC)cc1NC1CCSCC1. The first-order chi connectivity index (χ1) is 8.83. The van der Waals surface area contributed by atoms with E-state index in [1.807, 2.05) is 36.9 Å². The van der Waals surface area contributed by atoms with Crippen molar-refractivity contribution >= 4 is 17.4 Å². The summed E-state index contributed by atoms with van der Waals surface area (Å²) >= 11 is 2.04. The van der Waals surface area contributed by atoms with Crippen molar-refractivity contribution in [2.45, 2.75) is 25.8 Å². The molecule has 0 spiro atoms. The van der Waals surface area contributed by atoms with Crippen molar-refractivity contribution in [2.75, 3.05) is 30.5 Å². The molecule has 0 unspecified atom stereocenters. The van der Waals surface area contributed by atoms with Crippen molar-refractivity contribution in [2.24, 2.45) is 0 Å². The Hall–Kier alpha value is -1.03. The molecule has 1 aliphatic heterocycles. The van der Waals surface area contributed by atoms with Gasteiger partial charge < -0.3 is 14.8 Å². The number of rotatable bonds is 5. The van der Waals surface area contributed by atoms with Crippen LogP contribution in [0.3, 0.4) is 0 Å². The van der Waals surface area contributed by atoms with E-state index in [1.54, 1.807) is 7.11 Å². The van der Waals surface area contributed by atoms with Crippen LogP contribution in [0.15, 0.2) is 18.2 Å². The van der Waals surface area contributed by atoms with E-state index >= 15 is 0 Å². The number of nitrogens with one attached hydrogen (secondary N) is 1. The molecule has 0 aliphatic carbocycles. The van der Waals surface area contributed by atoms with Gasteiger partial charge in [-0.15, -0.1) is 0 Å². The van der Waals surface area contributed by atoms with Gasteiger partial charge in [0, 0.05) is 12.1 Å². The summed E-state index contributed by atoms with van der Waals surface area (Å²) in [6.07, 6.45) is 2.43. The molecular weight excluding hydrogens is 246 g/mol. The van der Waals surface area contributed by atoms with Gasteiger partial charge in [-0.25, -0.2) is 0 Å². The fourth-order valence-corrected chi connectivity index (χ4v) is 3.20. The van der Waals surface area contributed by atoms with Gasteiger partial charge in [-0.05, 0) is 43.4 Å². The van der Waals surface area contributed by atoms with E-state index < -0.39 is 0 Å². The molecule has 1 saturated heterocycles. The lowest BCUT2D eigenvalue weighted by Gasteiger charge is -2.25. The van der Waals surface area contributed by atoms with Crippen LogP contribution in [0.4, 0.5) is 5.69 Å². The lowest BCUT2D eigenvalue weighted by molar-refractivity contribution is 0.340. The maximum atomic E-state index is 5.65. The Bertz CT molecular complexity index is 378. The van der Waals surface area contributed by atoms with Crippen LogP contribution in [-0.2, 0) is 0 Å². The van der Waals surface area contributed by atoms with Crippen LogP contribution >= 0.6 is 11.8 Å². The molecule has 1 aromatic rings. The van der Waals surface area contributed by atoms with Gasteiger partial charge in [0.2, 0.25) is 0 Å². The van der Waals surface area contributed by atoms with Gasteiger partial charge in [0.1, 0.15) is 11.5 Å². The Kier molecular flexibility index (Phi) is 5.05. The normalized spacial score (nSPS) is 16.3. The number of thioether (sulfide) groups is 1. The van der Waals surface area contributed by atoms with Crippen LogP contribution in [0.25, 0.3) is 0 Å². The molecule has 0 atom stereocenters. The molecule has 0 radical (unpaired) electrons. The van der Waals surface area contributed by atoms with E-state index in [0.29, 0.717) is 12.6 Å². The van der Waals surface area contributed by atoms with E-state index in [4.69, 9.17) is 9.47 Å². The fourth-order valence-electron chi connectivity index (χ4n) is 2.09. The van der Waals surface area contributed by atoms with Crippen LogP contribution in [0.2, 0.25) is 0 Å². The number of ether oxygens (including phenoxy) is 2. The zero-order valence-corrected chi connectivity index (χ0v) is 11.9. The fraction of sp³-hybridized carbons (Fsp3) is 0.571. The highest BCUT2D eigenvalue weighted by atomic mass is 32.2. The van der Waals surface area contributed by atoms with Crippen molar-refractivity contribution in [3.8, 4) is 11.5 Å². The Balaban J connectivity index is 2.11. The maximum Gasteiger partial charge on any atom is 0.142 e. The Labute approximate surface area is 113 Å². The predicted octanol–water partition coefficient (Wildman–Crippen LogP) is 3.40. The summed E-state index contributed by atoms with van der Waals surface area (Å²) in [5.74, 6) is 4.26. The van der Waals surface area contributed by atoms with Crippen LogP contribution in [0, 0.1) is 0 Å². The highest BCUT2D eigenvalue weighted by molar-refractivity contribution is 7.99. The van der Waals surface area contributed by atoms with E-state index in [9.17, 15) is 0 Å². The largest absolute Gasteiger partial charge is 0.497 e. The number of hydrogen-bond acceptors (Lipinski definition) is 4. The lowest BCUT2D eigenvalue weighted by atomic mass is 10.1. The molecule has 4 heteroatoms. The van der Waals surface area contributed by atoms with Crippen LogP contribution in [0.1, 0.15) is 19.8 Å². The highest BCUT2D eigenvalue weighted by Crippen LogP contribution is 2.31. The maximum absolute atomic E-state index is 5.65. The molecule has 2 rings (SSSR count). The molecule has 1 heterocycles. The zero-order chi connectivity index (χ0) is 12.8. The molecule has 1 fully saturated rings. The van der Waals surface area contributed by atoms with E-state index in [-0.39, 0.29) is 0 Å². The lowest BCUT2D eigenvalue weighted by Crippen LogP contribution is -2.24. The smallest absolute Gasteiger partial charge is 0.142 e. The summed E-state index contributed by atoms with van der Waals surface area (Å²) in [4.78, 5) is 0. The summed E-state index contributed by atoms with van der Waals surface area (Å²) in [7, 11) is 1.69. The van der Waals surface area contributed by atoms with Crippen LogP contribution in [-0.4, -0.2) is 31.3 Å². The minimum atomic E-state index is 0.553. The second-order valence-corrected chi connectivity index (χ2v) is 5.55. The second-order valence-electron chi connectivity index (χ2n) is 4.33. The molecule has 0 bridgehead atoms. The number of hydrogen-bond donors (Lipinski definition) is 1. The van der Waals surface area contributed by atoms with Crippen molar-refractivity contribution in [1.82, 2.24) is 0 Å².